The number of likely N-dealkylation sites (tertiary alicyclic amines) is 1. The van der Waals surface area contributed by atoms with Crippen molar-refractivity contribution < 1.29 is 15.0 Å². The normalized spacial score (nSPS) is 25.1. The largest absolute Gasteiger partial charge is 0.479 e. The summed E-state index contributed by atoms with van der Waals surface area (Å²) in [5, 5.41) is 21.3. The number of carboxylic acids is 1. The third-order valence-electron chi connectivity index (χ3n) is 3.41. The number of nitrogens with one attached hydrogen (secondary N) is 1. The molecule has 1 rings (SSSR count). The van der Waals surface area contributed by atoms with E-state index in [1.54, 1.807) is 0 Å². The third-order valence-corrected chi connectivity index (χ3v) is 3.41. The van der Waals surface area contributed by atoms with Gasteiger partial charge in [-0.05, 0) is 46.2 Å². The van der Waals surface area contributed by atoms with Gasteiger partial charge < -0.3 is 20.4 Å². The first kappa shape index (κ1) is 14.4. The first-order valence-corrected chi connectivity index (χ1v) is 6.23. The number of nitrogens with zero attached hydrogens (tertiary/aromatic N) is 1. The average molecular weight is 244 g/mol. The highest BCUT2D eigenvalue weighted by molar-refractivity contribution is 5.76. The summed E-state index contributed by atoms with van der Waals surface area (Å²) >= 11 is 0. The van der Waals surface area contributed by atoms with E-state index in [0.29, 0.717) is 12.0 Å². The Labute approximate surface area is 103 Å². The summed E-state index contributed by atoms with van der Waals surface area (Å²) in [5.41, 5.74) is -1.67. The van der Waals surface area contributed by atoms with E-state index in [2.05, 4.69) is 24.1 Å². The summed E-state index contributed by atoms with van der Waals surface area (Å²) in [6.07, 6.45) is 1.14. The molecule has 1 aliphatic heterocycles. The van der Waals surface area contributed by atoms with Gasteiger partial charge in [0.2, 0.25) is 0 Å². The number of aliphatic hydroxyl groups is 1. The molecule has 3 N–H and O–H groups in total. The Morgan fingerprint density at radius 2 is 2.24 bits per heavy atom. The molecule has 1 fully saturated rings. The minimum Gasteiger partial charge on any atom is -0.479 e. The van der Waals surface area contributed by atoms with Gasteiger partial charge in [-0.3, -0.25) is 0 Å². The molecule has 0 radical (unpaired) electrons. The van der Waals surface area contributed by atoms with Crippen molar-refractivity contribution in [1.82, 2.24) is 10.2 Å². The molecule has 1 heterocycles. The maximum Gasteiger partial charge on any atom is 0.336 e. The quantitative estimate of drug-likeness (QED) is 0.620. The van der Waals surface area contributed by atoms with E-state index < -0.39 is 11.6 Å². The molecule has 5 nitrogen and oxygen atoms in total. The fraction of sp³-hybridized carbons (Fsp3) is 0.917. The van der Waals surface area contributed by atoms with Crippen LogP contribution in [0.5, 0.6) is 0 Å². The lowest BCUT2D eigenvalue weighted by atomic mass is 10.1. The molecule has 100 valence electrons. The van der Waals surface area contributed by atoms with Crippen molar-refractivity contribution in [3.63, 3.8) is 0 Å². The molecule has 0 aromatic rings. The van der Waals surface area contributed by atoms with Crippen LogP contribution >= 0.6 is 0 Å². The van der Waals surface area contributed by atoms with Crippen LogP contribution in [0.1, 0.15) is 27.2 Å². The molecular formula is C12H24N2O3. The van der Waals surface area contributed by atoms with E-state index in [1.165, 1.54) is 6.92 Å². The highest BCUT2D eigenvalue weighted by atomic mass is 16.4. The van der Waals surface area contributed by atoms with E-state index in [9.17, 15) is 9.90 Å². The predicted molar refractivity (Wildman–Crippen MR) is 65.9 cm³/mol. The fourth-order valence-electron chi connectivity index (χ4n) is 2.09. The van der Waals surface area contributed by atoms with Crippen LogP contribution in [-0.2, 0) is 4.79 Å². The first-order valence-electron chi connectivity index (χ1n) is 6.23. The Hall–Kier alpha value is -0.650. The number of rotatable bonds is 6. The maximum absolute atomic E-state index is 10.7. The summed E-state index contributed by atoms with van der Waals surface area (Å²) < 4.78 is 0. The minimum absolute atomic E-state index is 0.0977. The van der Waals surface area contributed by atoms with Gasteiger partial charge in [0.15, 0.2) is 5.60 Å². The molecule has 2 unspecified atom stereocenters. The highest BCUT2D eigenvalue weighted by Gasteiger charge is 2.30. The zero-order valence-corrected chi connectivity index (χ0v) is 10.9. The Balaban J connectivity index is 2.23. The van der Waals surface area contributed by atoms with Crippen LogP contribution in [0.2, 0.25) is 0 Å². The topological polar surface area (TPSA) is 72.8 Å². The van der Waals surface area contributed by atoms with Gasteiger partial charge in [-0.15, -0.1) is 0 Å². The molecule has 0 aromatic heterocycles. The Kier molecular flexibility index (Phi) is 4.91. The van der Waals surface area contributed by atoms with Gasteiger partial charge >= 0.3 is 5.97 Å². The van der Waals surface area contributed by atoms with Crippen molar-refractivity contribution >= 4 is 5.97 Å². The van der Waals surface area contributed by atoms with E-state index in [-0.39, 0.29) is 6.54 Å². The highest BCUT2D eigenvalue weighted by Crippen LogP contribution is 2.17. The lowest BCUT2D eigenvalue weighted by Gasteiger charge is -2.22. The first-order chi connectivity index (χ1) is 7.83. The molecule has 2 atom stereocenters. The van der Waals surface area contributed by atoms with Crippen LogP contribution in [0.3, 0.4) is 0 Å². The van der Waals surface area contributed by atoms with Gasteiger partial charge in [0, 0.05) is 19.1 Å². The van der Waals surface area contributed by atoms with Crippen LogP contribution in [0, 0.1) is 5.92 Å². The fourth-order valence-corrected chi connectivity index (χ4v) is 2.09. The number of hydrogen-bond acceptors (Lipinski definition) is 4. The molecule has 1 aliphatic rings. The summed E-state index contributed by atoms with van der Waals surface area (Å²) in [4.78, 5) is 13.1. The molecule has 0 spiro atoms. The van der Waals surface area contributed by atoms with Gasteiger partial charge in [0.1, 0.15) is 0 Å². The van der Waals surface area contributed by atoms with Crippen LogP contribution in [0.4, 0.5) is 0 Å². The monoisotopic (exact) mass is 244 g/mol. The van der Waals surface area contributed by atoms with Crippen LogP contribution in [0.15, 0.2) is 0 Å². The van der Waals surface area contributed by atoms with E-state index in [0.717, 1.165) is 26.1 Å². The SMILES string of the molecule is CC(C)N1CCC(CNCC(C)(O)C(=O)O)C1. The number of hydrogen-bond donors (Lipinski definition) is 3. The van der Waals surface area contributed by atoms with Crippen molar-refractivity contribution in [2.75, 3.05) is 26.2 Å². The second kappa shape index (κ2) is 5.80. The second-order valence-electron chi connectivity index (χ2n) is 5.45. The molecule has 5 heteroatoms. The molecule has 1 saturated heterocycles. The minimum atomic E-state index is -1.67. The predicted octanol–water partition coefficient (Wildman–Crippen LogP) is 0.142. The van der Waals surface area contributed by atoms with E-state index in [4.69, 9.17) is 5.11 Å². The van der Waals surface area contributed by atoms with E-state index in [1.807, 2.05) is 0 Å². The Bertz CT molecular complexity index is 266. The second-order valence-corrected chi connectivity index (χ2v) is 5.45. The Morgan fingerprint density at radius 1 is 1.59 bits per heavy atom. The van der Waals surface area contributed by atoms with E-state index >= 15 is 0 Å². The van der Waals surface area contributed by atoms with Crippen LogP contribution in [0.25, 0.3) is 0 Å². The van der Waals surface area contributed by atoms with Crippen molar-refractivity contribution in [2.45, 2.75) is 38.8 Å². The lowest BCUT2D eigenvalue weighted by molar-refractivity contribution is -0.156. The molecular weight excluding hydrogens is 220 g/mol. The zero-order valence-electron chi connectivity index (χ0n) is 10.9. The van der Waals surface area contributed by atoms with Crippen molar-refractivity contribution in [1.29, 1.82) is 0 Å². The smallest absolute Gasteiger partial charge is 0.336 e. The molecule has 0 saturated carbocycles. The van der Waals surface area contributed by atoms with Gasteiger partial charge in [0.25, 0.3) is 0 Å². The third kappa shape index (κ3) is 4.26. The maximum atomic E-state index is 10.7. The van der Waals surface area contributed by atoms with Gasteiger partial charge in [-0.25, -0.2) is 4.79 Å². The zero-order chi connectivity index (χ0) is 13.1. The summed E-state index contributed by atoms with van der Waals surface area (Å²) in [6, 6.07) is 0.571. The summed E-state index contributed by atoms with van der Waals surface area (Å²) in [6.45, 7) is 8.72. The average Bonchev–Trinajstić information content (AvgIpc) is 2.66. The van der Waals surface area contributed by atoms with Crippen molar-refractivity contribution in [2.24, 2.45) is 5.92 Å². The number of aliphatic carboxylic acids is 1. The number of carboxylic acid groups (broad SMARTS) is 1. The Morgan fingerprint density at radius 3 is 2.71 bits per heavy atom. The van der Waals surface area contributed by atoms with Crippen LogP contribution < -0.4 is 5.32 Å². The van der Waals surface area contributed by atoms with Crippen molar-refractivity contribution in [3.8, 4) is 0 Å². The summed E-state index contributed by atoms with van der Waals surface area (Å²) in [5.74, 6) is -0.623. The van der Waals surface area contributed by atoms with Gasteiger partial charge in [0.05, 0.1) is 0 Å². The molecule has 0 aliphatic carbocycles. The molecule has 0 amide bonds. The lowest BCUT2D eigenvalue weighted by Crippen LogP contribution is -2.46. The molecule has 0 bridgehead atoms. The van der Waals surface area contributed by atoms with Gasteiger partial charge in [-0.1, -0.05) is 0 Å². The summed E-state index contributed by atoms with van der Waals surface area (Å²) in [7, 11) is 0. The van der Waals surface area contributed by atoms with Crippen molar-refractivity contribution in [3.05, 3.63) is 0 Å². The number of carbonyl (C=O) groups is 1. The molecule has 17 heavy (non-hydrogen) atoms. The standard InChI is InChI=1S/C12H24N2O3/c1-9(2)14-5-4-10(7-14)6-13-8-12(3,17)11(15)16/h9-10,13,17H,4-8H2,1-3H3,(H,15,16). The molecule has 0 aromatic carbocycles. The van der Waals surface area contributed by atoms with Gasteiger partial charge in [-0.2, -0.15) is 0 Å². The van der Waals surface area contributed by atoms with Crippen LogP contribution in [-0.4, -0.2) is 58.9 Å².